The molecule has 1 aliphatic rings. The van der Waals surface area contributed by atoms with Crippen molar-refractivity contribution in [2.24, 2.45) is 0 Å². The first-order valence-corrected chi connectivity index (χ1v) is 11.5. The van der Waals surface area contributed by atoms with E-state index >= 15 is 0 Å². The van der Waals surface area contributed by atoms with E-state index in [1.165, 1.54) is 0 Å². The number of amides is 2. The Morgan fingerprint density at radius 1 is 0.969 bits per heavy atom. The Labute approximate surface area is 201 Å². The summed E-state index contributed by atoms with van der Waals surface area (Å²) in [6, 6.07) is 10.5. The van der Waals surface area contributed by atoms with E-state index in [9.17, 15) is 9.59 Å². The van der Waals surface area contributed by atoms with Crippen LogP contribution in [0.4, 0.5) is 0 Å². The van der Waals surface area contributed by atoms with Crippen LogP contribution in [0, 0.1) is 0 Å². The standard InChI is InChI=1S/C23H23Cl3N4O2/c1-14(23(32)29-9-7-28(8-10-29)15(2)31)30-21-13-19(26)18(25)12-20(21)27-22(30)11-16-5-3-4-6-17(16)24/h3-6,12-14H,7-11H2,1-2H3. The summed E-state index contributed by atoms with van der Waals surface area (Å²) >= 11 is 18.9. The van der Waals surface area contributed by atoms with Crippen molar-refractivity contribution in [1.29, 1.82) is 0 Å². The molecule has 0 bridgehead atoms. The lowest BCUT2D eigenvalue weighted by Gasteiger charge is -2.36. The number of piperazine rings is 1. The summed E-state index contributed by atoms with van der Waals surface area (Å²) in [5.74, 6) is 0.702. The Morgan fingerprint density at radius 2 is 1.59 bits per heavy atom. The summed E-state index contributed by atoms with van der Waals surface area (Å²) in [5, 5.41) is 1.45. The molecule has 0 saturated carbocycles. The molecule has 9 heteroatoms. The molecule has 2 heterocycles. The molecule has 168 valence electrons. The van der Waals surface area contributed by atoms with E-state index in [2.05, 4.69) is 0 Å². The second kappa shape index (κ2) is 9.30. The quantitative estimate of drug-likeness (QED) is 0.523. The molecule has 0 spiro atoms. The van der Waals surface area contributed by atoms with Crippen LogP contribution >= 0.6 is 34.8 Å². The number of imidazole rings is 1. The lowest BCUT2D eigenvalue weighted by Crippen LogP contribution is -2.51. The number of benzene rings is 2. The van der Waals surface area contributed by atoms with Crippen molar-refractivity contribution >= 4 is 57.7 Å². The highest BCUT2D eigenvalue weighted by atomic mass is 35.5. The zero-order valence-corrected chi connectivity index (χ0v) is 20.1. The molecule has 0 aliphatic carbocycles. The van der Waals surface area contributed by atoms with Gasteiger partial charge in [0.15, 0.2) is 0 Å². The first-order chi connectivity index (χ1) is 15.3. The molecule has 0 N–H and O–H groups in total. The monoisotopic (exact) mass is 492 g/mol. The Balaban J connectivity index is 1.71. The van der Waals surface area contributed by atoms with Gasteiger partial charge in [0.05, 0.1) is 21.1 Å². The van der Waals surface area contributed by atoms with Gasteiger partial charge in [-0.2, -0.15) is 0 Å². The maximum absolute atomic E-state index is 13.4. The average molecular weight is 494 g/mol. The molecule has 1 unspecified atom stereocenters. The second-order valence-electron chi connectivity index (χ2n) is 7.93. The molecule has 6 nitrogen and oxygen atoms in total. The Kier molecular flexibility index (Phi) is 6.65. The van der Waals surface area contributed by atoms with Gasteiger partial charge in [-0.3, -0.25) is 9.59 Å². The van der Waals surface area contributed by atoms with E-state index in [0.717, 1.165) is 11.1 Å². The van der Waals surface area contributed by atoms with Crippen molar-refractivity contribution in [1.82, 2.24) is 19.4 Å². The van der Waals surface area contributed by atoms with Gasteiger partial charge in [0.25, 0.3) is 0 Å². The molecule has 1 fully saturated rings. The number of aromatic nitrogens is 2. The molecule has 2 aromatic carbocycles. The zero-order valence-electron chi connectivity index (χ0n) is 17.8. The van der Waals surface area contributed by atoms with Gasteiger partial charge in [-0.05, 0) is 30.7 Å². The number of rotatable bonds is 4. The number of fused-ring (bicyclic) bond motifs is 1. The summed E-state index contributed by atoms with van der Waals surface area (Å²) in [4.78, 5) is 33.4. The van der Waals surface area contributed by atoms with E-state index in [1.54, 1.807) is 28.9 Å². The second-order valence-corrected chi connectivity index (χ2v) is 9.15. The molecule has 2 amide bonds. The highest BCUT2D eigenvalue weighted by Crippen LogP contribution is 2.32. The molecular weight excluding hydrogens is 471 g/mol. The van der Waals surface area contributed by atoms with Gasteiger partial charge in [-0.1, -0.05) is 53.0 Å². The van der Waals surface area contributed by atoms with Crippen LogP contribution in [0.5, 0.6) is 0 Å². The van der Waals surface area contributed by atoms with Crippen LogP contribution in [0.3, 0.4) is 0 Å². The van der Waals surface area contributed by atoms with Crippen LogP contribution in [0.15, 0.2) is 36.4 Å². The Bertz CT molecular complexity index is 1190. The van der Waals surface area contributed by atoms with Crippen molar-refractivity contribution < 1.29 is 9.59 Å². The highest BCUT2D eigenvalue weighted by molar-refractivity contribution is 6.42. The van der Waals surface area contributed by atoms with Crippen LogP contribution in [0.1, 0.15) is 31.3 Å². The fraction of sp³-hybridized carbons (Fsp3) is 0.348. The van der Waals surface area contributed by atoms with Crippen molar-refractivity contribution in [3.8, 4) is 0 Å². The number of halogens is 3. The predicted molar refractivity (Wildman–Crippen MR) is 128 cm³/mol. The van der Waals surface area contributed by atoms with E-state index < -0.39 is 6.04 Å². The van der Waals surface area contributed by atoms with Gasteiger partial charge in [0.1, 0.15) is 11.9 Å². The van der Waals surface area contributed by atoms with Gasteiger partial charge >= 0.3 is 0 Å². The van der Waals surface area contributed by atoms with Gasteiger partial charge in [0.2, 0.25) is 11.8 Å². The summed E-state index contributed by atoms with van der Waals surface area (Å²) in [6.07, 6.45) is 0.458. The summed E-state index contributed by atoms with van der Waals surface area (Å²) in [7, 11) is 0. The van der Waals surface area contributed by atoms with Crippen LogP contribution in [0.25, 0.3) is 11.0 Å². The zero-order chi connectivity index (χ0) is 23.0. The smallest absolute Gasteiger partial charge is 0.245 e. The van der Waals surface area contributed by atoms with E-state index in [1.807, 2.05) is 35.8 Å². The topological polar surface area (TPSA) is 58.4 Å². The third kappa shape index (κ3) is 4.45. The summed E-state index contributed by atoms with van der Waals surface area (Å²) in [6.45, 7) is 5.48. The lowest BCUT2D eigenvalue weighted by molar-refractivity contribution is -0.140. The molecule has 32 heavy (non-hydrogen) atoms. The fourth-order valence-corrected chi connectivity index (χ4v) is 4.64. The minimum Gasteiger partial charge on any atom is -0.339 e. The first-order valence-electron chi connectivity index (χ1n) is 10.4. The van der Waals surface area contributed by atoms with Gasteiger partial charge in [-0.15, -0.1) is 0 Å². The van der Waals surface area contributed by atoms with E-state index in [4.69, 9.17) is 39.8 Å². The van der Waals surface area contributed by atoms with Gasteiger partial charge in [-0.25, -0.2) is 4.98 Å². The molecule has 3 aromatic rings. The molecular formula is C23H23Cl3N4O2. The van der Waals surface area contributed by atoms with E-state index in [-0.39, 0.29) is 11.8 Å². The minimum atomic E-state index is -0.515. The number of nitrogens with zero attached hydrogens (tertiary/aromatic N) is 4. The Morgan fingerprint density at radius 3 is 2.25 bits per heavy atom. The third-order valence-corrected chi connectivity index (χ3v) is 6.98. The molecule has 1 aliphatic heterocycles. The molecule has 0 radical (unpaired) electrons. The van der Waals surface area contributed by atoms with Crippen LogP contribution in [-0.4, -0.2) is 57.3 Å². The van der Waals surface area contributed by atoms with Crippen molar-refractivity contribution in [3.05, 3.63) is 62.9 Å². The Hall–Kier alpha value is -2.28. The molecule has 1 aromatic heterocycles. The number of hydrogen-bond donors (Lipinski definition) is 0. The highest BCUT2D eigenvalue weighted by Gasteiger charge is 2.29. The normalized spacial score (nSPS) is 15.3. The minimum absolute atomic E-state index is 0.0271. The predicted octanol–water partition coefficient (Wildman–Crippen LogP) is 4.84. The summed E-state index contributed by atoms with van der Waals surface area (Å²) < 4.78 is 1.92. The van der Waals surface area contributed by atoms with Crippen molar-refractivity contribution in [2.75, 3.05) is 26.2 Å². The van der Waals surface area contributed by atoms with Crippen LogP contribution in [-0.2, 0) is 16.0 Å². The molecule has 1 saturated heterocycles. The van der Waals surface area contributed by atoms with Gasteiger partial charge < -0.3 is 14.4 Å². The molecule has 4 rings (SSSR count). The molecule has 1 atom stereocenters. The maximum atomic E-state index is 13.4. The van der Waals surface area contributed by atoms with E-state index in [0.29, 0.717) is 59.0 Å². The SMILES string of the molecule is CC(=O)N1CCN(C(=O)C(C)n2c(Cc3ccccc3Cl)nc3cc(Cl)c(Cl)cc32)CC1. The fourth-order valence-electron chi connectivity index (χ4n) is 4.13. The number of carbonyl (C=O) groups is 2. The van der Waals surface area contributed by atoms with Crippen LogP contribution in [0.2, 0.25) is 15.1 Å². The number of carbonyl (C=O) groups excluding carboxylic acids is 2. The van der Waals surface area contributed by atoms with Crippen molar-refractivity contribution in [3.63, 3.8) is 0 Å². The third-order valence-electron chi connectivity index (χ3n) is 5.89. The van der Waals surface area contributed by atoms with Crippen molar-refractivity contribution in [2.45, 2.75) is 26.3 Å². The summed E-state index contributed by atoms with van der Waals surface area (Å²) in [5.41, 5.74) is 2.32. The average Bonchev–Trinajstić information content (AvgIpc) is 3.11. The number of hydrogen-bond acceptors (Lipinski definition) is 3. The largest absolute Gasteiger partial charge is 0.339 e. The van der Waals surface area contributed by atoms with Gasteiger partial charge in [0, 0.05) is 44.5 Å². The lowest BCUT2D eigenvalue weighted by atomic mass is 10.1. The maximum Gasteiger partial charge on any atom is 0.245 e. The first kappa shape index (κ1) is 22.9. The van der Waals surface area contributed by atoms with Crippen LogP contribution < -0.4 is 0 Å².